The van der Waals surface area contributed by atoms with E-state index in [1.807, 2.05) is 19.9 Å². The van der Waals surface area contributed by atoms with Crippen LogP contribution in [0, 0.1) is 0 Å². The van der Waals surface area contributed by atoms with Crippen molar-refractivity contribution in [3.8, 4) is 0 Å². The van der Waals surface area contributed by atoms with E-state index in [1.54, 1.807) is 42.2 Å². The molecule has 31 heavy (non-hydrogen) atoms. The molecular weight excluding hydrogens is 498 g/mol. The van der Waals surface area contributed by atoms with Gasteiger partial charge in [0.2, 0.25) is 11.8 Å². The second kappa shape index (κ2) is 12.2. The zero-order chi connectivity index (χ0) is 23.1. The van der Waals surface area contributed by atoms with E-state index in [2.05, 4.69) is 5.32 Å². The van der Waals surface area contributed by atoms with E-state index in [4.69, 9.17) is 46.4 Å². The molecule has 2 amide bonds. The Hall–Kier alpha value is -1.11. The predicted molar refractivity (Wildman–Crippen MR) is 132 cm³/mol. The summed E-state index contributed by atoms with van der Waals surface area (Å²) in [6, 6.07) is 9.78. The number of carbonyl (C=O) groups is 2. The number of hydrogen-bond donors (Lipinski definition) is 1. The third-order valence-corrected chi connectivity index (χ3v) is 6.73. The summed E-state index contributed by atoms with van der Waals surface area (Å²) in [7, 11) is 0. The fourth-order valence-corrected chi connectivity index (χ4v) is 4.58. The lowest BCUT2D eigenvalue weighted by atomic mass is 10.1. The van der Waals surface area contributed by atoms with Crippen molar-refractivity contribution in [3.05, 3.63) is 67.6 Å². The first-order chi connectivity index (χ1) is 14.6. The van der Waals surface area contributed by atoms with Crippen LogP contribution in [0.4, 0.5) is 0 Å². The highest BCUT2D eigenvalue weighted by Crippen LogP contribution is 2.26. The molecule has 2 aromatic carbocycles. The standard InChI is InChI=1S/C22H24Cl4N2O2S/c1-13(2)27-22(30)14(3)28(10-15-4-7-18(24)20(26)8-15)21(29)12-31-11-16-5-6-17(23)9-19(16)25/h4-9,13-14H,10-12H2,1-3H3,(H,27,30)/t14-/m1/s1. The minimum Gasteiger partial charge on any atom is -0.352 e. The Labute approximate surface area is 207 Å². The maximum Gasteiger partial charge on any atom is 0.242 e. The van der Waals surface area contributed by atoms with E-state index >= 15 is 0 Å². The van der Waals surface area contributed by atoms with Gasteiger partial charge in [-0.2, -0.15) is 0 Å². The van der Waals surface area contributed by atoms with Crippen LogP contribution in [-0.4, -0.2) is 34.6 Å². The van der Waals surface area contributed by atoms with Crippen LogP contribution in [0.25, 0.3) is 0 Å². The second-order valence-corrected chi connectivity index (χ2v) is 9.98. The first-order valence-electron chi connectivity index (χ1n) is 9.64. The highest BCUT2D eigenvalue weighted by atomic mass is 35.5. The van der Waals surface area contributed by atoms with E-state index < -0.39 is 6.04 Å². The first kappa shape index (κ1) is 26.1. The van der Waals surface area contributed by atoms with Crippen LogP contribution < -0.4 is 5.32 Å². The zero-order valence-electron chi connectivity index (χ0n) is 17.4. The molecule has 0 aliphatic rings. The first-order valence-corrected chi connectivity index (χ1v) is 12.3. The molecule has 0 radical (unpaired) electrons. The maximum atomic E-state index is 13.1. The number of amides is 2. The van der Waals surface area contributed by atoms with Gasteiger partial charge in [-0.1, -0.05) is 58.5 Å². The average Bonchev–Trinajstić information content (AvgIpc) is 2.69. The number of halogens is 4. The van der Waals surface area contributed by atoms with Crippen LogP contribution in [0.3, 0.4) is 0 Å². The van der Waals surface area contributed by atoms with Crippen molar-refractivity contribution in [2.24, 2.45) is 0 Å². The second-order valence-electron chi connectivity index (χ2n) is 7.34. The number of benzene rings is 2. The molecule has 0 bridgehead atoms. The van der Waals surface area contributed by atoms with Crippen LogP contribution >= 0.6 is 58.2 Å². The van der Waals surface area contributed by atoms with Crippen molar-refractivity contribution in [3.63, 3.8) is 0 Å². The maximum absolute atomic E-state index is 13.1. The quantitative estimate of drug-likeness (QED) is 0.411. The number of thioether (sulfide) groups is 1. The van der Waals surface area contributed by atoms with Crippen molar-refractivity contribution in [1.82, 2.24) is 10.2 Å². The van der Waals surface area contributed by atoms with Crippen LogP contribution in [0.1, 0.15) is 31.9 Å². The lowest BCUT2D eigenvalue weighted by molar-refractivity contribution is -0.138. The smallest absolute Gasteiger partial charge is 0.242 e. The summed E-state index contributed by atoms with van der Waals surface area (Å²) in [5.41, 5.74) is 1.68. The van der Waals surface area contributed by atoms with Crippen molar-refractivity contribution < 1.29 is 9.59 Å². The summed E-state index contributed by atoms with van der Waals surface area (Å²) in [6.45, 7) is 5.71. The average molecular weight is 522 g/mol. The largest absolute Gasteiger partial charge is 0.352 e. The van der Waals surface area contributed by atoms with Gasteiger partial charge in [-0.3, -0.25) is 9.59 Å². The Morgan fingerprint density at radius 1 is 0.968 bits per heavy atom. The lowest BCUT2D eigenvalue weighted by Crippen LogP contribution is -2.49. The number of carbonyl (C=O) groups excluding carboxylic acids is 2. The van der Waals surface area contributed by atoms with E-state index in [9.17, 15) is 9.59 Å². The van der Waals surface area contributed by atoms with E-state index in [-0.39, 0.29) is 30.2 Å². The molecule has 0 unspecified atom stereocenters. The normalized spacial score (nSPS) is 12.0. The minimum atomic E-state index is -0.649. The highest BCUT2D eigenvalue weighted by molar-refractivity contribution is 7.99. The number of hydrogen-bond acceptors (Lipinski definition) is 3. The lowest BCUT2D eigenvalue weighted by Gasteiger charge is -2.29. The Morgan fingerprint density at radius 2 is 1.68 bits per heavy atom. The summed E-state index contributed by atoms with van der Waals surface area (Å²) in [6.07, 6.45) is 0. The van der Waals surface area contributed by atoms with Gasteiger partial charge in [0.15, 0.2) is 0 Å². The molecule has 0 aliphatic carbocycles. The van der Waals surface area contributed by atoms with Crippen LogP contribution in [-0.2, 0) is 21.9 Å². The topological polar surface area (TPSA) is 49.4 Å². The molecule has 0 fully saturated rings. The molecule has 0 aliphatic heterocycles. The molecule has 0 saturated heterocycles. The van der Waals surface area contributed by atoms with Gasteiger partial charge >= 0.3 is 0 Å². The summed E-state index contributed by atoms with van der Waals surface area (Å²) in [5.74, 6) is 0.371. The Kier molecular flexibility index (Phi) is 10.3. The molecule has 4 nitrogen and oxygen atoms in total. The molecule has 2 rings (SSSR count). The minimum absolute atomic E-state index is 0.0294. The third kappa shape index (κ3) is 8.07. The van der Waals surface area contributed by atoms with E-state index in [1.165, 1.54) is 11.8 Å². The Bertz CT molecular complexity index is 940. The van der Waals surface area contributed by atoms with Crippen LogP contribution in [0.5, 0.6) is 0 Å². The van der Waals surface area contributed by atoms with Crippen molar-refractivity contribution >= 4 is 70.0 Å². The molecule has 0 aromatic heterocycles. The number of rotatable bonds is 9. The molecule has 2 aromatic rings. The molecule has 1 N–H and O–H groups in total. The molecule has 9 heteroatoms. The van der Waals surface area contributed by atoms with Crippen molar-refractivity contribution in [1.29, 1.82) is 0 Å². The van der Waals surface area contributed by atoms with Crippen molar-refractivity contribution in [2.75, 3.05) is 5.75 Å². The predicted octanol–water partition coefficient (Wildman–Crippen LogP) is 6.48. The molecule has 1 atom stereocenters. The summed E-state index contributed by atoms with van der Waals surface area (Å²) < 4.78 is 0. The van der Waals surface area contributed by atoms with Crippen LogP contribution in [0.2, 0.25) is 20.1 Å². The number of nitrogens with one attached hydrogen (secondary N) is 1. The van der Waals surface area contributed by atoms with Gasteiger partial charge in [0.1, 0.15) is 6.04 Å². The van der Waals surface area contributed by atoms with Gasteiger partial charge < -0.3 is 10.2 Å². The molecular formula is C22H24Cl4N2O2S. The summed E-state index contributed by atoms with van der Waals surface area (Å²) in [5, 5.41) is 4.82. The van der Waals surface area contributed by atoms with Crippen molar-refractivity contribution in [2.45, 2.75) is 45.2 Å². The van der Waals surface area contributed by atoms with Gasteiger partial charge in [0.25, 0.3) is 0 Å². The third-order valence-electron chi connectivity index (χ3n) is 4.43. The van der Waals surface area contributed by atoms with Gasteiger partial charge in [-0.05, 0) is 56.2 Å². The molecule has 0 heterocycles. The van der Waals surface area contributed by atoms with Gasteiger partial charge in [-0.15, -0.1) is 11.8 Å². The molecule has 168 valence electrons. The van der Waals surface area contributed by atoms with Gasteiger partial charge in [-0.25, -0.2) is 0 Å². The fourth-order valence-electron chi connectivity index (χ4n) is 2.79. The molecule has 0 spiro atoms. The fraction of sp³-hybridized carbons (Fsp3) is 0.364. The number of nitrogens with zero attached hydrogens (tertiary/aromatic N) is 1. The Morgan fingerprint density at radius 3 is 2.29 bits per heavy atom. The Balaban J connectivity index is 2.12. The van der Waals surface area contributed by atoms with Gasteiger partial charge in [0, 0.05) is 28.4 Å². The van der Waals surface area contributed by atoms with E-state index in [0.717, 1.165) is 11.1 Å². The summed E-state index contributed by atoms with van der Waals surface area (Å²) in [4.78, 5) is 27.2. The summed E-state index contributed by atoms with van der Waals surface area (Å²) >= 11 is 25.7. The highest BCUT2D eigenvalue weighted by Gasteiger charge is 2.26. The monoisotopic (exact) mass is 520 g/mol. The zero-order valence-corrected chi connectivity index (χ0v) is 21.3. The SMILES string of the molecule is CC(C)NC(=O)[C@@H](C)N(Cc1ccc(Cl)c(Cl)c1)C(=O)CSCc1ccc(Cl)cc1Cl. The molecule has 0 saturated carbocycles. The van der Waals surface area contributed by atoms with E-state index in [0.29, 0.717) is 25.8 Å². The van der Waals surface area contributed by atoms with Crippen LogP contribution in [0.15, 0.2) is 36.4 Å². The van der Waals surface area contributed by atoms with Gasteiger partial charge in [0.05, 0.1) is 15.8 Å².